The number of carboxylic acid groups (broad SMARTS) is 1. The fourth-order valence-electron chi connectivity index (χ4n) is 3.38. The Hall–Kier alpha value is -1.36. The van der Waals surface area contributed by atoms with Crippen LogP contribution in [-0.4, -0.2) is 47.7 Å². The maximum absolute atomic E-state index is 12.9. The molecule has 1 N–H and O–H groups in total. The van der Waals surface area contributed by atoms with Gasteiger partial charge in [-0.1, -0.05) is 12.2 Å². The molecule has 3 aliphatic rings. The number of carbonyl (C=O) groups excluding carboxylic acids is 1. The standard InChI is InChI=1S/C16H23NO4/c18-15(13-3-1-2-4-14(13)16(19)20)17(12-5-6-12)9-11-7-8-21-10-11/h1-2,11-14H,3-10H2,(H,19,20). The number of aliphatic carboxylic acids is 1. The monoisotopic (exact) mass is 293 g/mol. The third-order valence-electron chi connectivity index (χ3n) is 4.82. The number of nitrogens with zero attached hydrogens (tertiary/aromatic N) is 1. The maximum Gasteiger partial charge on any atom is 0.307 e. The zero-order valence-corrected chi connectivity index (χ0v) is 12.2. The highest BCUT2D eigenvalue weighted by Crippen LogP contribution is 2.34. The molecule has 2 aliphatic carbocycles. The Morgan fingerprint density at radius 2 is 1.86 bits per heavy atom. The Bertz CT molecular complexity index is 438. The van der Waals surface area contributed by atoms with Crippen LogP contribution in [0.15, 0.2) is 12.2 Å². The van der Waals surface area contributed by atoms with Crippen LogP contribution in [0, 0.1) is 17.8 Å². The summed E-state index contributed by atoms with van der Waals surface area (Å²) in [4.78, 5) is 26.2. The summed E-state index contributed by atoms with van der Waals surface area (Å²) < 4.78 is 5.40. The van der Waals surface area contributed by atoms with E-state index >= 15 is 0 Å². The first-order valence-corrected chi connectivity index (χ1v) is 7.93. The van der Waals surface area contributed by atoms with Crippen molar-refractivity contribution >= 4 is 11.9 Å². The van der Waals surface area contributed by atoms with Crippen molar-refractivity contribution in [3.05, 3.63) is 12.2 Å². The lowest BCUT2D eigenvalue weighted by atomic mass is 9.82. The molecule has 2 fully saturated rings. The topological polar surface area (TPSA) is 66.8 Å². The van der Waals surface area contributed by atoms with Crippen molar-refractivity contribution in [1.82, 2.24) is 4.90 Å². The third-order valence-corrected chi connectivity index (χ3v) is 4.82. The lowest BCUT2D eigenvalue weighted by Crippen LogP contribution is -2.45. The minimum absolute atomic E-state index is 0.0427. The number of rotatable bonds is 5. The highest BCUT2D eigenvalue weighted by molar-refractivity contribution is 5.85. The molecule has 0 aromatic carbocycles. The van der Waals surface area contributed by atoms with Crippen LogP contribution in [0.2, 0.25) is 0 Å². The van der Waals surface area contributed by atoms with Crippen LogP contribution in [0.4, 0.5) is 0 Å². The zero-order valence-electron chi connectivity index (χ0n) is 12.2. The lowest BCUT2D eigenvalue weighted by molar-refractivity contribution is -0.151. The average molecular weight is 293 g/mol. The summed E-state index contributed by atoms with van der Waals surface area (Å²) in [6.07, 6.45) is 7.97. The molecule has 116 valence electrons. The van der Waals surface area contributed by atoms with Crippen molar-refractivity contribution < 1.29 is 19.4 Å². The van der Waals surface area contributed by atoms with Gasteiger partial charge in [-0.05, 0) is 32.1 Å². The predicted octanol–water partition coefficient (Wildman–Crippen LogP) is 1.68. The Balaban J connectivity index is 1.70. The van der Waals surface area contributed by atoms with Crippen LogP contribution in [-0.2, 0) is 14.3 Å². The van der Waals surface area contributed by atoms with Crippen LogP contribution in [0.5, 0.6) is 0 Å². The van der Waals surface area contributed by atoms with E-state index in [9.17, 15) is 14.7 Å². The molecule has 0 spiro atoms. The summed E-state index contributed by atoms with van der Waals surface area (Å²) in [6.45, 7) is 2.24. The zero-order chi connectivity index (χ0) is 14.8. The molecule has 1 amide bonds. The molecule has 0 aromatic rings. The Labute approximate surface area is 124 Å². The van der Waals surface area contributed by atoms with Crippen LogP contribution < -0.4 is 0 Å². The molecule has 5 heteroatoms. The van der Waals surface area contributed by atoms with E-state index in [0.717, 1.165) is 39.0 Å². The molecular formula is C16H23NO4. The second-order valence-corrected chi connectivity index (χ2v) is 6.45. The fraction of sp³-hybridized carbons (Fsp3) is 0.750. The molecule has 1 saturated carbocycles. The molecule has 5 nitrogen and oxygen atoms in total. The van der Waals surface area contributed by atoms with E-state index in [1.54, 1.807) is 0 Å². The van der Waals surface area contributed by atoms with Gasteiger partial charge >= 0.3 is 5.97 Å². The predicted molar refractivity (Wildman–Crippen MR) is 76.7 cm³/mol. The van der Waals surface area contributed by atoms with Crippen LogP contribution in [0.3, 0.4) is 0 Å². The molecule has 0 bridgehead atoms. The van der Waals surface area contributed by atoms with Gasteiger partial charge in [-0.15, -0.1) is 0 Å². The number of ether oxygens (including phenoxy) is 1. The number of carbonyl (C=O) groups is 2. The minimum Gasteiger partial charge on any atom is -0.481 e. The summed E-state index contributed by atoms with van der Waals surface area (Å²) >= 11 is 0. The van der Waals surface area contributed by atoms with Gasteiger partial charge in [-0.2, -0.15) is 0 Å². The first-order valence-electron chi connectivity index (χ1n) is 7.93. The van der Waals surface area contributed by atoms with Gasteiger partial charge in [-0.3, -0.25) is 9.59 Å². The lowest BCUT2D eigenvalue weighted by Gasteiger charge is -2.32. The number of allylic oxidation sites excluding steroid dienone is 2. The average Bonchev–Trinajstić information content (AvgIpc) is 3.20. The van der Waals surface area contributed by atoms with Gasteiger partial charge in [0.15, 0.2) is 0 Å². The summed E-state index contributed by atoms with van der Waals surface area (Å²) in [7, 11) is 0. The van der Waals surface area contributed by atoms with Crippen molar-refractivity contribution in [2.45, 2.75) is 38.1 Å². The van der Waals surface area contributed by atoms with E-state index < -0.39 is 17.8 Å². The largest absolute Gasteiger partial charge is 0.481 e. The van der Waals surface area contributed by atoms with Gasteiger partial charge < -0.3 is 14.7 Å². The molecule has 0 radical (unpaired) electrons. The van der Waals surface area contributed by atoms with Crippen molar-refractivity contribution in [1.29, 1.82) is 0 Å². The summed E-state index contributed by atoms with van der Waals surface area (Å²) in [5.74, 6) is -1.35. The van der Waals surface area contributed by atoms with Crippen molar-refractivity contribution in [3.8, 4) is 0 Å². The number of carboxylic acids is 1. The van der Waals surface area contributed by atoms with Gasteiger partial charge in [0.2, 0.25) is 5.91 Å². The van der Waals surface area contributed by atoms with E-state index in [4.69, 9.17) is 4.74 Å². The van der Waals surface area contributed by atoms with E-state index in [2.05, 4.69) is 0 Å². The molecular weight excluding hydrogens is 270 g/mol. The van der Waals surface area contributed by atoms with Crippen molar-refractivity contribution in [2.75, 3.05) is 19.8 Å². The van der Waals surface area contributed by atoms with Gasteiger partial charge in [0, 0.05) is 25.1 Å². The smallest absolute Gasteiger partial charge is 0.307 e. The Morgan fingerprint density at radius 3 is 2.43 bits per heavy atom. The third kappa shape index (κ3) is 3.28. The first kappa shape index (κ1) is 14.6. The summed E-state index contributed by atoms with van der Waals surface area (Å²) in [5.41, 5.74) is 0. The number of amides is 1. The SMILES string of the molecule is O=C(O)C1CC=CCC1C(=O)N(CC1CCOC1)C1CC1. The number of hydrogen-bond acceptors (Lipinski definition) is 3. The summed E-state index contributed by atoms with van der Waals surface area (Å²) in [6, 6.07) is 0.332. The molecule has 1 aliphatic heterocycles. The Kier molecular flexibility index (Phi) is 4.29. The highest BCUT2D eigenvalue weighted by Gasteiger charge is 2.41. The second kappa shape index (κ2) is 6.18. The normalized spacial score (nSPS) is 32.1. The second-order valence-electron chi connectivity index (χ2n) is 6.45. The van der Waals surface area contributed by atoms with Crippen molar-refractivity contribution in [2.24, 2.45) is 17.8 Å². The molecule has 0 aromatic heterocycles. The van der Waals surface area contributed by atoms with Gasteiger partial charge in [-0.25, -0.2) is 0 Å². The van der Waals surface area contributed by atoms with E-state index in [1.165, 1.54) is 0 Å². The molecule has 21 heavy (non-hydrogen) atoms. The minimum atomic E-state index is -0.849. The number of hydrogen-bond donors (Lipinski definition) is 1. The molecule has 3 atom stereocenters. The fourth-order valence-corrected chi connectivity index (χ4v) is 3.38. The van der Waals surface area contributed by atoms with Crippen LogP contribution in [0.1, 0.15) is 32.1 Å². The highest BCUT2D eigenvalue weighted by atomic mass is 16.5. The Morgan fingerprint density at radius 1 is 1.14 bits per heavy atom. The van der Waals surface area contributed by atoms with E-state index in [0.29, 0.717) is 24.8 Å². The molecule has 3 unspecified atom stereocenters. The van der Waals surface area contributed by atoms with Gasteiger partial charge in [0.1, 0.15) is 0 Å². The molecule has 1 heterocycles. The van der Waals surface area contributed by atoms with Gasteiger partial charge in [0.25, 0.3) is 0 Å². The molecule has 3 rings (SSSR count). The van der Waals surface area contributed by atoms with Gasteiger partial charge in [0.05, 0.1) is 18.4 Å². The van der Waals surface area contributed by atoms with Crippen LogP contribution in [0.25, 0.3) is 0 Å². The van der Waals surface area contributed by atoms with Crippen molar-refractivity contribution in [3.63, 3.8) is 0 Å². The maximum atomic E-state index is 12.9. The molecule has 1 saturated heterocycles. The van der Waals surface area contributed by atoms with E-state index in [-0.39, 0.29) is 5.91 Å². The summed E-state index contributed by atoms with van der Waals surface area (Å²) in [5, 5.41) is 9.35. The quantitative estimate of drug-likeness (QED) is 0.783. The van der Waals surface area contributed by atoms with E-state index in [1.807, 2.05) is 17.1 Å². The first-order chi connectivity index (χ1) is 10.2. The van der Waals surface area contributed by atoms with Crippen LogP contribution >= 0.6 is 0 Å².